The van der Waals surface area contributed by atoms with E-state index in [1.807, 2.05) is 13.0 Å². The summed E-state index contributed by atoms with van der Waals surface area (Å²) < 4.78 is 10.1. The molecule has 1 aromatic rings. The van der Waals surface area contributed by atoms with E-state index in [2.05, 4.69) is 15.1 Å². The van der Waals surface area contributed by atoms with Crippen molar-refractivity contribution in [3.8, 4) is 0 Å². The third-order valence-electron chi connectivity index (χ3n) is 3.09. The molecule has 2 rings (SSSR count). The third kappa shape index (κ3) is 3.54. The monoisotopic (exact) mass is 253 g/mol. The largest absolute Gasteiger partial charge is 0.467 e. The quantitative estimate of drug-likeness (QED) is 0.749. The molecule has 1 saturated heterocycles. The molecular formula is C12H19N3O3. The first-order chi connectivity index (χ1) is 8.79. The fraction of sp³-hybridized carbons (Fsp3) is 0.667. The Kier molecular flexibility index (Phi) is 4.72. The fourth-order valence-corrected chi connectivity index (χ4v) is 1.98. The van der Waals surface area contributed by atoms with Gasteiger partial charge in [0.05, 0.1) is 25.5 Å². The molecule has 1 aromatic heterocycles. The highest BCUT2D eigenvalue weighted by Crippen LogP contribution is 2.15. The van der Waals surface area contributed by atoms with Crippen molar-refractivity contribution in [3.05, 3.63) is 17.5 Å². The van der Waals surface area contributed by atoms with Crippen molar-refractivity contribution in [2.24, 2.45) is 0 Å². The number of aromatic amines is 1. The Morgan fingerprint density at radius 1 is 1.61 bits per heavy atom. The average molecular weight is 253 g/mol. The van der Waals surface area contributed by atoms with E-state index in [1.165, 1.54) is 0 Å². The molecule has 0 spiro atoms. The summed E-state index contributed by atoms with van der Waals surface area (Å²) in [6.45, 7) is 7.17. The minimum atomic E-state index is 0.140. The van der Waals surface area contributed by atoms with Crippen molar-refractivity contribution in [1.29, 1.82) is 0 Å². The molecule has 1 N–H and O–H groups in total. The second kappa shape index (κ2) is 6.51. The van der Waals surface area contributed by atoms with Crippen molar-refractivity contribution in [2.45, 2.75) is 19.4 Å². The second-order valence-corrected chi connectivity index (χ2v) is 4.53. The lowest BCUT2D eigenvalue weighted by molar-refractivity contribution is -0.129. The maximum absolute atomic E-state index is 10.1. The SMILES string of the molecule is CC(COC=O)c1cc(CN2CCOCC2)n[nH]1. The number of carbonyl (C=O) groups excluding carboxylic acids is 1. The van der Waals surface area contributed by atoms with Gasteiger partial charge in [-0.3, -0.25) is 14.8 Å². The molecule has 100 valence electrons. The lowest BCUT2D eigenvalue weighted by atomic mass is 10.1. The second-order valence-electron chi connectivity index (χ2n) is 4.53. The fourth-order valence-electron chi connectivity index (χ4n) is 1.98. The summed E-state index contributed by atoms with van der Waals surface area (Å²) in [7, 11) is 0. The van der Waals surface area contributed by atoms with Gasteiger partial charge in [-0.25, -0.2) is 0 Å². The van der Waals surface area contributed by atoms with E-state index in [4.69, 9.17) is 9.47 Å². The number of H-pyrrole nitrogens is 1. The van der Waals surface area contributed by atoms with Crippen LogP contribution < -0.4 is 0 Å². The first kappa shape index (κ1) is 13.0. The summed E-state index contributed by atoms with van der Waals surface area (Å²) >= 11 is 0. The number of morpholine rings is 1. The molecule has 1 aliphatic rings. The van der Waals surface area contributed by atoms with E-state index in [0.29, 0.717) is 13.1 Å². The normalized spacial score (nSPS) is 18.5. The van der Waals surface area contributed by atoms with Crippen LogP contribution in [0.4, 0.5) is 0 Å². The molecule has 0 radical (unpaired) electrons. The van der Waals surface area contributed by atoms with Crippen LogP contribution in [0.25, 0.3) is 0 Å². The van der Waals surface area contributed by atoms with Crippen LogP contribution in [0.1, 0.15) is 24.2 Å². The van der Waals surface area contributed by atoms with Crippen LogP contribution in [-0.4, -0.2) is 54.5 Å². The summed E-state index contributed by atoms with van der Waals surface area (Å²) in [4.78, 5) is 12.5. The zero-order valence-corrected chi connectivity index (χ0v) is 10.6. The minimum absolute atomic E-state index is 0.140. The molecule has 0 aromatic carbocycles. The lowest BCUT2D eigenvalue weighted by Gasteiger charge is -2.25. The molecule has 0 bridgehead atoms. The molecule has 6 nitrogen and oxygen atoms in total. The maximum Gasteiger partial charge on any atom is 0.293 e. The highest BCUT2D eigenvalue weighted by molar-refractivity contribution is 5.37. The van der Waals surface area contributed by atoms with Crippen molar-refractivity contribution in [3.63, 3.8) is 0 Å². The van der Waals surface area contributed by atoms with E-state index in [9.17, 15) is 4.79 Å². The van der Waals surface area contributed by atoms with Gasteiger partial charge in [0.1, 0.15) is 0 Å². The van der Waals surface area contributed by atoms with Crippen LogP contribution in [-0.2, 0) is 20.8 Å². The minimum Gasteiger partial charge on any atom is -0.467 e. The van der Waals surface area contributed by atoms with Crippen LogP contribution in [0, 0.1) is 0 Å². The number of nitrogens with one attached hydrogen (secondary N) is 1. The van der Waals surface area contributed by atoms with Crippen molar-refractivity contribution in [1.82, 2.24) is 15.1 Å². The number of hydrogen-bond acceptors (Lipinski definition) is 5. The van der Waals surface area contributed by atoms with Gasteiger partial charge in [-0.1, -0.05) is 6.92 Å². The van der Waals surface area contributed by atoms with Crippen LogP contribution in [0.2, 0.25) is 0 Å². The number of aromatic nitrogens is 2. The molecule has 1 aliphatic heterocycles. The third-order valence-corrected chi connectivity index (χ3v) is 3.09. The highest BCUT2D eigenvalue weighted by Gasteiger charge is 2.14. The number of hydrogen-bond donors (Lipinski definition) is 1. The summed E-state index contributed by atoms with van der Waals surface area (Å²) in [5.74, 6) is 0.140. The van der Waals surface area contributed by atoms with Crippen molar-refractivity contribution < 1.29 is 14.3 Å². The van der Waals surface area contributed by atoms with Gasteiger partial charge in [-0.2, -0.15) is 5.10 Å². The van der Waals surface area contributed by atoms with Gasteiger partial charge in [0, 0.05) is 31.2 Å². The molecule has 1 unspecified atom stereocenters. The molecule has 18 heavy (non-hydrogen) atoms. The molecule has 6 heteroatoms. The lowest BCUT2D eigenvalue weighted by Crippen LogP contribution is -2.35. The predicted molar refractivity (Wildman–Crippen MR) is 65.1 cm³/mol. The molecule has 1 fully saturated rings. The molecule has 0 amide bonds. The first-order valence-electron chi connectivity index (χ1n) is 6.19. The number of carbonyl (C=O) groups is 1. The van der Waals surface area contributed by atoms with Crippen LogP contribution in [0.15, 0.2) is 6.07 Å². The zero-order chi connectivity index (χ0) is 12.8. The zero-order valence-electron chi connectivity index (χ0n) is 10.6. The van der Waals surface area contributed by atoms with Crippen molar-refractivity contribution >= 4 is 6.47 Å². The summed E-state index contributed by atoms with van der Waals surface area (Å²) in [6.07, 6.45) is 0. The smallest absolute Gasteiger partial charge is 0.293 e. The topological polar surface area (TPSA) is 67.4 Å². The van der Waals surface area contributed by atoms with E-state index in [1.54, 1.807) is 0 Å². The highest BCUT2D eigenvalue weighted by atomic mass is 16.5. The molecule has 0 aliphatic carbocycles. The summed E-state index contributed by atoms with van der Waals surface area (Å²) in [6, 6.07) is 2.04. The van der Waals surface area contributed by atoms with Gasteiger partial charge in [-0.05, 0) is 6.07 Å². The van der Waals surface area contributed by atoms with Gasteiger partial charge >= 0.3 is 0 Å². The van der Waals surface area contributed by atoms with Gasteiger partial charge in [0.2, 0.25) is 0 Å². The van der Waals surface area contributed by atoms with Gasteiger partial charge in [-0.15, -0.1) is 0 Å². The predicted octanol–water partition coefficient (Wildman–Crippen LogP) is 0.518. The Hall–Kier alpha value is -1.40. The van der Waals surface area contributed by atoms with Crippen LogP contribution >= 0.6 is 0 Å². The van der Waals surface area contributed by atoms with E-state index >= 15 is 0 Å². The Bertz CT molecular complexity index is 374. The van der Waals surface area contributed by atoms with Gasteiger partial charge in [0.15, 0.2) is 0 Å². The van der Waals surface area contributed by atoms with Gasteiger partial charge in [0.25, 0.3) is 6.47 Å². The Morgan fingerprint density at radius 2 is 2.39 bits per heavy atom. The van der Waals surface area contributed by atoms with Crippen molar-refractivity contribution in [2.75, 3.05) is 32.9 Å². The van der Waals surface area contributed by atoms with Crippen LogP contribution in [0.3, 0.4) is 0 Å². The van der Waals surface area contributed by atoms with E-state index in [0.717, 1.165) is 44.2 Å². The van der Waals surface area contributed by atoms with E-state index < -0.39 is 0 Å². The van der Waals surface area contributed by atoms with Gasteiger partial charge < -0.3 is 9.47 Å². The Morgan fingerprint density at radius 3 is 3.11 bits per heavy atom. The molecule has 0 saturated carbocycles. The molecular weight excluding hydrogens is 234 g/mol. The first-order valence-corrected chi connectivity index (χ1v) is 6.19. The number of nitrogens with zero attached hydrogens (tertiary/aromatic N) is 2. The maximum atomic E-state index is 10.1. The Balaban J connectivity index is 1.86. The van der Waals surface area contributed by atoms with E-state index in [-0.39, 0.29) is 5.92 Å². The average Bonchev–Trinajstić information content (AvgIpc) is 2.86. The molecule has 2 heterocycles. The number of rotatable bonds is 6. The Labute approximate surface area is 106 Å². The summed E-state index contributed by atoms with van der Waals surface area (Å²) in [5.41, 5.74) is 2.02. The summed E-state index contributed by atoms with van der Waals surface area (Å²) in [5, 5.41) is 7.29. The number of ether oxygens (including phenoxy) is 2. The molecule has 1 atom stereocenters. The van der Waals surface area contributed by atoms with Crippen LogP contribution in [0.5, 0.6) is 0 Å². The standard InChI is InChI=1S/C12H19N3O3/c1-10(8-18-9-16)12-6-11(13-14-12)7-15-2-4-17-5-3-15/h6,9-10H,2-5,7-8H2,1H3,(H,13,14).